The van der Waals surface area contributed by atoms with Crippen LogP contribution in [0.2, 0.25) is 0 Å². The number of aliphatic imine (C=N–C) groups is 1. The Bertz CT molecular complexity index is 742. The summed E-state index contributed by atoms with van der Waals surface area (Å²) < 4.78 is 0. The normalized spacial score (nSPS) is 11.8. The van der Waals surface area contributed by atoms with E-state index in [1.54, 1.807) is 0 Å². The lowest BCUT2D eigenvalue weighted by atomic mass is 10.0. The summed E-state index contributed by atoms with van der Waals surface area (Å²) in [4.78, 5) is 4.69. The smallest absolute Gasteiger partial charge is 0.0643 e. The Labute approximate surface area is 119 Å². The molecule has 1 nitrogen and oxygen atoms in total. The van der Waals surface area contributed by atoms with E-state index >= 15 is 0 Å². The van der Waals surface area contributed by atoms with E-state index in [2.05, 4.69) is 78.6 Å². The summed E-state index contributed by atoms with van der Waals surface area (Å²) in [5, 5.41) is 2.53. The van der Waals surface area contributed by atoms with Crippen molar-refractivity contribution in [1.82, 2.24) is 0 Å². The van der Waals surface area contributed by atoms with Crippen molar-refractivity contribution in [2.24, 2.45) is 4.99 Å². The second-order valence-electron chi connectivity index (χ2n) is 4.95. The number of nitrogens with zero attached hydrogens (tertiary/aromatic N) is 1. The molecule has 0 radical (unpaired) electrons. The van der Waals surface area contributed by atoms with E-state index in [-0.39, 0.29) is 0 Å². The fourth-order valence-electron chi connectivity index (χ4n) is 2.30. The molecular formula is C19H17N. The molecule has 0 aliphatic heterocycles. The second-order valence-corrected chi connectivity index (χ2v) is 4.95. The molecule has 0 unspecified atom stereocenters. The zero-order valence-corrected chi connectivity index (χ0v) is 11.6. The zero-order valence-electron chi connectivity index (χ0n) is 11.6. The summed E-state index contributed by atoms with van der Waals surface area (Å²) in [5.74, 6) is 0. The highest BCUT2D eigenvalue weighted by Crippen LogP contribution is 2.16. The molecule has 3 aromatic rings. The van der Waals surface area contributed by atoms with Gasteiger partial charge in [0.1, 0.15) is 0 Å². The van der Waals surface area contributed by atoms with Gasteiger partial charge in [-0.3, -0.25) is 4.99 Å². The molecule has 0 fully saturated rings. The lowest BCUT2D eigenvalue weighted by Gasteiger charge is -2.04. The molecule has 0 atom stereocenters. The number of fused-ring (bicyclic) bond motifs is 1. The van der Waals surface area contributed by atoms with Crippen LogP contribution in [0.25, 0.3) is 10.8 Å². The maximum Gasteiger partial charge on any atom is 0.0643 e. The standard InChI is InChI=1S/C19H17N/c1-15(20-14-16-7-3-2-4-8-16)18-12-11-17-9-5-6-10-19(17)13-18/h2-13H,14H2,1H3/b20-15+. The lowest BCUT2D eigenvalue weighted by Crippen LogP contribution is -1.95. The van der Waals surface area contributed by atoms with Crippen LogP contribution in [0.5, 0.6) is 0 Å². The van der Waals surface area contributed by atoms with Crippen LogP contribution in [0.15, 0.2) is 77.8 Å². The lowest BCUT2D eigenvalue weighted by molar-refractivity contribution is 1.07. The van der Waals surface area contributed by atoms with Crippen molar-refractivity contribution in [3.8, 4) is 0 Å². The van der Waals surface area contributed by atoms with Gasteiger partial charge >= 0.3 is 0 Å². The average Bonchev–Trinajstić information content (AvgIpc) is 2.53. The minimum Gasteiger partial charge on any atom is -0.285 e. The monoisotopic (exact) mass is 259 g/mol. The van der Waals surface area contributed by atoms with E-state index in [0.717, 1.165) is 12.3 Å². The Balaban J connectivity index is 1.86. The Morgan fingerprint density at radius 2 is 1.50 bits per heavy atom. The van der Waals surface area contributed by atoms with Gasteiger partial charge in [-0.25, -0.2) is 0 Å². The van der Waals surface area contributed by atoms with Gasteiger partial charge in [0, 0.05) is 5.71 Å². The average molecular weight is 259 g/mol. The molecule has 3 rings (SSSR count). The predicted molar refractivity (Wildman–Crippen MR) is 86.3 cm³/mol. The Morgan fingerprint density at radius 1 is 0.800 bits per heavy atom. The van der Waals surface area contributed by atoms with Crippen LogP contribution in [-0.4, -0.2) is 5.71 Å². The predicted octanol–water partition coefficient (Wildman–Crippen LogP) is 4.85. The number of benzene rings is 3. The van der Waals surface area contributed by atoms with Crippen molar-refractivity contribution in [2.75, 3.05) is 0 Å². The maximum atomic E-state index is 4.69. The zero-order chi connectivity index (χ0) is 13.8. The van der Waals surface area contributed by atoms with Gasteiger partial charge < -0.3 is 0 Å². The molecule has 0 N–H and O–H groups in total. The van der Waals surface area contributed by atoms with E-state index in [0.29, 0.717) is 0 Å². The molecule has 1 heteroatoms. The molecule has 0 aliphatic carbocycles. The summed E-state index contributed by atoms with van der Waals surface area (Å²) in [5.41, 5.74) is 3.52. The van der Waals surface area contributed by atoms with E-state index < -0.39 is 0 Å². The van der Waals surface area contributed by atoms with Crippen molar-refractivity contribution in [1.29, 1.82) is 0 Å². The fourth-order valence-corrected chi connectivity index (χ4v) is 2.30. The van der Waals surface area contributed by atoms with Crippen LogP contribution >= 0.6 is 0 Å². The number of hydrogen-bond acceptors (Lipinski definition) is 1. The summed E-state index contributed by atoms with van der Waals surface area (Å²) in [7, 11) is 0. The fraction of sp³-hybridized carbons (Fsp3) is 0.105. The first-order chi connectivity index (χ1) is 9.83. The minimum absolute atomic E-state index is 0.736. The molecule has 20 heavy (non-hydrogen) atoms. The Morgan fingerprint density at radius 3 is 2.30 bits per heavy atom. The van der Waals surface area contributed by atoms with Crippen LogP contribution in [-0.2, 0) is 6.54 Å². The topological polar surface area (TPSA) is 12.4 Å². The third-order valence-electron chi connectivity index (χ3n) is 3.51. The maximum absolute atomic E-state index is 4.69. The van der Waals surface area contributed by atoms with Crippen molar-refractivity contribution in [3.63, 3.8) is 0 Å². The van der Waals surface area contributed by atoms with Gasteiger partial charge in [-0.2, -0.15) is 0 Å². The molecule has 0 saturated carbocycles. The van der Waals surface area contributed by atoms with Gasteiger partial charge in [-0.1, -0.05) is 66.7 Å². The van der Waals surface area contributed by atoms with Gasteiger partial charge in [0.05, 0.1) is 6.54 Å². The van der Waals surface area contributed by atoms with Gasteiger partial charge in [-0.15, -0.1) is 0 Å². The number of hydrogen-bond donors (Lipinski definition) is 0. The van der Waals surface area contributed by atoms with E-state index in [1.807, 2.05) is 6.07 Å². The molecule has 0 bridgehead atoms. The largest absolute Gasteiger partial charge is 0.285 e. The highest BCUT2D eigenvalue weighted by Gasteiger charge is 1.99. The molecule has 3 aromatic carbocycles. The molecule has 0 heterocycles. The molecule has 0 spiro atoms. The summed E-state index contributed by atoms with van der Waals surface area (Å²) in [6.07, 6.45) is 0. The van der Waals surface area contributed by atoms with Gasteiger partial charge in [0.15, 0.2) is 0 Å². The first kappa shape index (κ1) is 12.6. The van der Waals surface area contributed by atoms with Gasteiger partial charge in [0.2, 0.25) is 0 Å². The first-order valence-electron chi connectivity index (χ1n) is 6.87. The number of rotatable bonds is 3. The molecule has 0 aromatic heterocycles. The molecule has 98 valence electrons. The second kappa shape index (κ2) is 5.70. The van der Waals surface area contributed by atoms with Crippen LogP contribution in [0, 0.1) is 0 Å². The van der Waals surface area contributed by atoms with Crippen molar-refractivity contribution in [2.45, 2.75) is 13.5 Å². The van der Waals surface area contributed by atoms with E-state index in [1.165, 1.54) is 21.9 Å². The van der Waals surface area contributed by atoms with Gasteiger partial charge in [-0.05, 0) is 34.9 Å². The Hall–Kier alpha value is -2.41. The minimum atomic E-state index is 0.736. The van der Waals surface area contributed by atoms with Crippen LogP contribution in [0.3, 0.4) is 0 Å². The highest BCUT2D eigenvalue weighted by molar-refractivity contribution is 6.01. The third-order valence-corrected chi connectivity index (χ3v) is 3.51. The molecule has 0 amide bonds. The highest BCUT2D eigenvalue weighted by atomic mass is 14.7. The van der Waals surface area contributed by atoms with Crippen molar-refractivity contribution in [3.05, 3.63) is 83.9 Å². The molecule has 0 saturated heterocycles. The molecule has 0 aliphatic rings. The quantitative estimate of drug-likeness (QED) is 0.596. The third kappa shape index (κ3) is 2.77. The van der Waals surface area contributed by atoms with Crippen LogP contribution in [0.4, 0.5) is 0 Å². The first-order valence-corrected chi connectivity index (χ1v) is 6.87. The summed E-state index contributed by atoms with van der Waals surface area (Å²) >= 11 is 0. The summed E-state index contributed by atoms with van der Waals surface area (Å²) in [6, 6.07) is 25.3. The van der Waals surface area contributed by atoms with Crippen molar-refractivity contribution >= 4 is 16.5 Å². The Kier molecular flexibility index (Phi) is 3.60. The van der Waals surface area contributed by atoms with Crippen LogP contribution < -0.4 is 0 Å². The summed E-state index contributed by atoms with van der Waals surface area (Å²) in [6.45, 7) is 2.81. The van der Waals surface area contributed by atoms with Crippen molar-refractivity contribution < 1.29 is 0 Å². The SMILES string of the molecule is C/C(=N\Cc1ccccc1)c1ccc2ccccc2c1. The van der Waals surface area contributed by atoms with E-state index in [4.69, 9.17) is 0 Å². The molecular weight excluding hydrogens is 242 g/mol. The van der Waals surface area contributed by atoms with Gasteiger partial charge in [0.25, 0.3) is 0 Å². The van der Waals surface area contributed by atoms with Crippen LogP contribution in [0.1, 0.15) is 18.1 Å². The van der Waals surface area contributed by atoms with E-state index in [9.17, 15) is 0 Å².